The molecule has 1 aliphatic carbocycles. The highest BCUT2D eigenvalue weighted by molar-refractivity contribution is 7.47. The fourth-order valence-electron chi connectivity index (χ4n) is 3.60. The van der Waals surface area contributed by atoms with Crippen LogP contribution in [0, 0.1) is 0 Å². The molecule has 0 saturated heterocycles. The number of esters is 3. The predicted molar refractivity (Wildman–Crippen MR) is 125 cm³/mol. The van der Waals surface area contributed by atoms with Crippen LogP contribution >= 0.6 is 23.5 Å². The summed E-state index contributed by atoms with van der Waals surface area (Å²) in [6, 6.07) is 0. The molecular weight excluding hydrogens is 597 g/mol. The molecule has 1 fully saturated rings. The summed E-state index contributed by atoms with van der Waals surface area (Å²) in [6.07, 6.45) is -14.3. The Morgan fingerprint density at radius 2 is 0.692 bits per heavy atom. The Morgan fingerprint density at radius 3 is 0.897 bits per heavy atom. The van der Waals surface area contributed by atoms with Gasteiger partial charge < -0.3 is 43.6 Å². The Kier molecular flexibility index (Phi) is 13.9. The SMILES string of the molecule is CCCC(=O)OC1[C@@H](OC(=O)CCC)[C@H](OP(=O)(O)O)C(OP(=O)(O)O)[C@H](OP(=O)(O)O)[C@@H]1OC(=O)CCC. The number of phosphoric acid groups is 3. The van der Waals surface area contributed by atoms with Crippen molar-refractivity contribution in [3.05, 3.63) is 0 Å². The molecule has 1 aliphatic rings. The minimum atomic E-state index is -5.70. The average Bonchev–Trinajstić information content (AvgIpc) is 2.73. The predicted octanol–water partition coefficient (Wildman–Crippen LogP) is 0.569. The summed E-state index contributed by atoms with van der Waals surface area (Å²) >= 11 is 0. The van der Waals surface area contributed by atoms with Crippen molar-refractivity contribution in [2.24, 2.45) is 0 Å². The molecule has 0 radical (unpaired) electrons. The summed E-state index contributed by atoms with van der Waals surface area (Å²) in [6.45, 7) is 4.69. The van der Waals surface area contributed by atoms with E-state index in [0.29, 0.717) is 0 Å². The molecule has 0 aromatic rings. The van der Waals surface area contributed by atoms with Crippen molar-refractivity contribution in [2.45, 2.75) is 95.9 Å². The van der Waals surface area contributed by atoms with E-state index in [2.05, 4.69) is 13.6 Å². The summed E-state index contributed by atoms with van der Waals surface area (Å²) in [5, 5.41) is 0. The summed E-state index contributed by atoms with van der Waals surface area (Å²) in [4.78, 5) is 94.3. The monoisotopic (exact) mass is 630 g/mol. The molecule has 6 N–H and O–H groups in total. The summed E-state index contributed by atoms with van der Waals surface area (Å²) in [5.74, 6) is -3.17. The van der Waals surface area contributed by atoms with Gasteiger partial charge in [0.25, 0.3) is 0 Å². The Bertz CT molecular complexity index is 928. The van der Waals surface area contributed by atoms with Crippen LogP contribution in [0.3, 0.4) is 0 Å². The normalized spacial score (nSPS) is 26.1. The highest BCUT2D eigenvalue weighted by Crippen LogP contribution is 2.51. The molecule has 0 spiro atoms. The molecule has 39 heavy (non-hydrogen) atoms. The molecular formula is C18H33O18P3. The fraction of sp³-hybridized carbons (Fsp3) is 0.833. The van der Waals surface area contributed by atoms with Gasteiger partial charge in [0.1, 0.15) is 18.3 Å². The first-order valence-electron chi connectivity index (χ1n) is 11.6. The van der Waals surface area contributed by atoms with Crippen LogP contribution in [0.5, 0.6) is 0 Å². The van der Waals surface area contributed by atoms with Crippen molar-refractivity contribution >= 4 is 41.4 Å². The molecule has 228 valence electrons. The van der Waals surface area contributed by atoms with Gasteiger partial charge in [-0.15, -0.1) is 0 Å². The number of hydrogen-bond donors (Lipinski definition) is 6. The van der Waals surface area contributed by atoms with E-state index in [1.165, 1.54) is 0 Å². The van der Waals surface area contributed by atoms with Crippen LogP contribution in [0.1, 0.15) is 59.3 Å². The quantitative estimate of drug-likeness (QED) is 0.0819. The van der Waals surface area contributed by atoms with Gasteiger partial charge in [-0.3, -0.25) is 28.0 Å². The molecule has 0 aromatic heterocycles. The maximum atomic E-state index is 12.5. The van der Waals surface area contributed by atoms with Crippen LogP contribution in [-0.2, 0) is 55.9 Å². The zero-order valence-corrected chi connectivity index (χ0v) is 23.8. The number of carbonyl (C=O) groups excluding carboxylic acids is 3. The van der Waals surface area contributed by atoms with Gasteiger partial charge in [-0.2, -0.15) is 0 Å². The van der Waals surface area contributed by atoms with Crippen molar-refractivity contribution in [2.75, 3.05) is 0 Å². The molecule has 0 amide bonds. The molecule has 6 atom stereocenters. The molecule has 2 unspecified atom stereocenters. The lowest BCUT2D eigenvalue weighted by Crippen LogP contribution is -2.67. The third-order valence-corrected chi connectivity index (χ3v) is 6.44. The van der Waals surface area contributed by atoms with E-state index in [1.54, 1.807) is 20.8 Å². The van der Waals surface area contributed by atoms with Gasteiger partial charge in [0.2, 0.25) is 0 Å². The molecule has 1 saturated carbocycles. The Labute approximate surface area is 223 Å². The van der Waals surface area contributed by atoms with Crippen molar-refractivity contribution in [1.82, 2.24) is 0 Å². The highest BCUT2D eigenvalue weighted by atomic mass is 31.2. The van der Waals surface area contributed by atoms with E-state index >= 15 is 0 Å². The maximum absolute atomic E-state index is 12.5. The maximum Gasteiger partial charge on any atom is 0.470 e. The smallest absolute Gasteiger partial charge is 0.455 e. The molecule has 1 rings (SSSR count). The van der Waals surface area contributed by atoms with E-state index in [1.807, 2.05) is 0 Å². The molecule has 21 heteroatoms. The fourth-order valence-corrected chi connectivity index (χ4v) is 5.28. The minimum absolute atomic E-state index is 0.192. The van der Waals surface area contributed by atoms with Crippen LogP contribution in [0.4, 0.5) is 0 Å². The first-order valence-corrected chi connectivity index (χ1v) is 16.2. The van der Waals surface area contributed by atoms with Gasteiger partial charge in [0.15, 0.2) is 18.3 Å². The van der Waals surface area contributed by atoms with Gasteiger partial charge >= 0.3 is 41.4 Å². The first kappa shape index (κ1) is 35.8. The average molecular weight is 630 g/mol. The van der Waals surface area contributed by atoms with Gasteiger partial charge in [0, 0.05) is 19.3 Å². The minimum Gasteiger partial charge on any atom is -0.455 e. The molecule has 18 nitrogen and oxygen atoms in total. The second kappa shape index (κ2) is 15.1. The van der Waals surface area contributed by atoms with E-state index in [0.717, 1.165) is 0 Å². The summed E-state index contributed by atoms with van der Waals surface area (Å²) < 4.78 is 64.9. The highest BCUT2D eigenvalue weighted by Gasteiger charge is 2.62. The third kappa shape index (κ3) is 12.9. The molecule has 0 heterocycles. The third-order valence-electron chi connectivity index (χ3n) is 4.88. The van der Waals surface area contributed by atoms with Crippen molar-refractivity contribution in [3.8, 4) is 0 Å². The number of carbonyl (C=O) groups is 3. The summed E-state index contributed by atoms with van der Waals surface area (Å²) in [5.41, 5.74) is 0. The number of phosphoric ester groups is 3. The number of hydrogen-bond acceptors (Lipinski definition) is 12. The van der Waals surface area contributed by atoms with E-state index in [9.17, 15) is 57.4 Å². The van der Waals surface area contributed by atoms with Crippen LogP contribution in [0.2, 0.25) is 0 Å². The van der Waals surface area contributed by atoms with Crippen molar-refractivity contribution in [1.29, 1.82) is 0 Å². The van der Waals surface area contributed by atoms with Crippen molar-refractivity contribution < 1.29 is 85.2 Å². The number of ether oxygens (including phenoxy) is 3. The molecule has 0 aromatic carbocycles. The summed E-state index contributed by atoms with van der Waals surface area (Å²) in [7, 11) is -17.0. The standard InChI is InChI=1S/C18H33O18P3/c1-4-7-10(19)31-13-14(32-11(20)8-5-2)16(34-37(22,23)24)18(36-39(28,29)30)17(35-38(25,26)27)15(13)33-12(21)9-6-3/h13-18H,4-9H2,1-3H3,(H2,22,23,24)(H2,25,26,27)(H2,28,29,30)/t13?,14-,15-,16-,17+,18?/m1/s1. The Morgan fingerprint density at radius 1 is 0.487 bits per heavy atom. The second-order valence-electron chi connectivity index (χ2n) is 8.30. The van der Waals surface area contributed by atoms with Gasteiger partial charge in [-0.1, -0.05) is 20.8 Å². The van der Waals surface area contributed by atoms with Gasteiger partial charge in [-0.25, -0.2) is 13.7 Å². The topological polar surface area (TPSA) is 279 Å². The van der Waals surface area contributed by atoms with Gasteiger partial charge in [0.05, 0.1) is 0 Å². The number of rotatable bonds is 15. The van der Waals surface area contributed by atoms with Crippen molar-refractivity contribution in [3.63, 3.8) is 0 Å². The Balaban J connectivity index is 3.94. The van der Waals surface area contributed by atoms with Gasteiger partial charge in [-0.05, 0) is 19.3 Å². The zero-order chi connectivity index (χ0) is 30.2. The lowest BCUT2D eigenvalue weighted by molar-refractivity contribution is -0.241. The second-order valence-corrected chi connectivity index (χ2v) is 11.9. The van der Waals surface area contributed by atoms with Crippen LogP contribution in [0.15, 0.2) is 0 Å². The van der Waals surface area contributed by atoms with Crippen LogP contribution < -0.4 is 0 Å². The van der Waals surface area contributed by atoms with Crippen LogP contribution in [-0.4, -0.2) is 83.9 Å². The molecule has 0 aliphatic heterocycles. The zero-order valence-electron chi connectivity index (χ0n) is 21.1. The Hall–Kier alpha value is -1.26. The lowest BCUT2D eigenvalue weighted by atomic mass is 9.84. The lowest BCUT2D eigenvalue weighted by Gasteiger charge is -2.47. The first-order chi connectivity index (χ1) is 17.8. The van der Waals surface area contributed by atoms with E-state index in [-0.39, 0.29) is 38.5 Å². The molecule has 0 bridgehead atoms. The van der Waals surface area contributed by atoms with E-state index in [4.69, 9.17) is 14.2 Å². The van der Waals surface area contributed by atoms with E-state index < -0.39 is 78.0 Å². The largest absolute Gasteiger partial charge is 0.470 e. The van der Waals surface area contributed by atoms with Crippen LogP contribution in [0.25, 0.3) is 0 Å².